The number of morpholine rings is 1. The number of hydrogen-bond acceptors (Lipinski definition) is 10. The quantitative estimate of drug-likeness (QED) is 0.303. The molecule has 2 fully saturated rings. The number of rotatable bonds is 7. The Bertz CT molecular complexity index is 1910. The van der Waals surface area contributed by atoms with E-state index >= 15 is 0 Å². The molecule has 2 aliphatic heterocycles. The van der Waals surface area contributed by atoms with Crippen LogP contribution < -0.4 is 10.9 Å². The van der Waals surface area contributed by atoms with E-state index in [1.165, 1.54) is 25.3 Å². The first-order chi connectivity index (χ1) is 21.2. The van der Waals surface area contributed by atoms with Gasteiger partial charge in [-0.2, -0.15) is 26.1 Å². The number of pyridine rings is 1. The molecule has 12 nitrogen and oxygen atoms in total. The number of nitrogens with zero attached hydrogens (tertiary/aromatic N) is 7. The predicted octanol–water partition coefficient (Wildman–Crippen LogP) is 2.43. The normalized spacial score (nSPS) is 18.2. The number of nitrogens with one attached hydrogen (secondary N) is 1. The van der Waals surface area contributed by atoms with Crippen molar-refractivity contribution in [2.75, 3.05) is 57.5 Å². The molecule has 1 atom stereocenters. The molecule has 5 heterocycles. The number of aromatic nitrogens is 5. The van der Waals surface area contributed by atoms with Gasteiger partial charge < -0.3 is 15.0 Å². The van der Waals surface area contributed by atoms with Crippen molar-refractivity contribution < 1.29 is 13.2 Å². The predicted molar refractivity (Wildman–Crippen MR) is 171 cm³/mol. The number of thioether (sulfide) groups is 1. The van der Waals surface area contributed by atoms with Crippen LogP contribution in [-0.2, 0) is 28.4 Å². The van der Waals surface area contributed by atoms with E-state index < -0.39 is 15.6 Å². The van der Waals surface area contributed by atoms with Gasteiger partial charge in [-0.25, -0.2) is 13.4 Å². The zero-order chi connectivity index (χ0) is 30.8. The number of fused-ring (bicyclic) bond motifs is 1. The van der Waals surface area contributed by atoms with E-state index in [4.69, 9.17) is 9.72 Å². The molecule has 230 valence electrons. The number of ether oxygens (including phenoxy) is 1. The van der Waals surface area contributed by atoms with Gasteiger partial charge in [0.25, 0.3) is 5.56 Å². The van der Waals surface area contributed by atoms with Gasteiger partial charge in [-0.3, -0.25) is 14.0 Å². The smallest absolute Gasteiger partial charge is 0.268 e. The van der Waals surface area contributed by atoms with E-state index in [9.17, 15) is 13.2 Å². The molecule has 3 aromatic heterocycles. The zero-order valence-electron chi connectivity index (χ0n) is 24.9. The Morgan fingerprint density at radius 3 is 2.64 bits per heavy atom. The van der Waals surface area contributed by atoms with Crippen LogP contribution in [0.15, 0.2) is 52.4 Å². The van der Waals surface area contributed by atoms with Crippen LogP contribution in [-0.4, -0.2) is 94.1 Å². The van der Waals surface area contributed by atoms with E-state index in [1.807, 2.05) is 23.9 Å². The molecule has 6 rings (SSSR count). The molecule has 0 saturated carbocycles. The second kappa shape index (κ2) is 12.7. The van der Waals surface area contributed by atoms with Crippen molar-refractivity contribution in [1.29, 1.82) is 0 Å². The molecule has 1 unspecified atom stereocenters. The second-order valence-corrected chi connectivity index (χ2v) is 14.0. The lowest BCUT2D eigenvalue weighted by Crippen LogP contribution is -2.41. The minimum absolute atomic E-state index is 0.0451. The summed E-state index contributed by atoms with van der Waals surface area (Å²) in [5, 5.41) is 8.72. The van der Waals surface area contributed by atoms with E-state index in [1.54, 1.807) is 26.2 Å². The maximum atomic E-state index is 13.7. The van der Waals surface area contributed by atoms with Crippen LogP contribution in [0.3, 0.4) is 0 Å². The molecular weight excluding hydrogens is 601 g/mol. The SMILES string of the molecule is CC#Cc1cc2cnc(Nc3ccc(C4CN(C)CCS4)cc3)nc2n(Cc2nn(C)cc2S(=O)(=O)N2CCOCC2)c1=O. The Morgan fingerprint density at radius 2 is 1.91 bits per heavy atom. The first-order valence-corrected chi connectivity index (χ1v) is 16.8. The van der Waals surface area contributed by atoms with Crippen molar-refractivity contribution in [3.63, 3.8) is 0 Å². The van der Waals surface area contributed by atoms with Crippen molar-refractivity contribution in [3.8, 4) is 11.8 Å². The van der Waals surface area contributed by atoms with Gasteiger partial charge in [-0.05, 0) is 37.7 Å². The summed E-state index contributed by atoms with van der Waals surface area (Å²) in [7, 11) is -0.0621. The Labute approximate surface area is 260 Å². The monoisotopic (exact) mass is 634 g/mol. The van der Waals surface area contributed by atoms with Crippen molar-refractivity contribution >= 4 is 44.5 Å². The van der Waals surface area contributed by atoms with Crippen LogP contribution in [0.25, 0.3) is 11.0 Å². The number of benzene rings is 1. The largest absolute Gasteiger partial charge is 0.379 e. The van der Waals surface area contributed by atoms with Gasteiger partial charge in [0, 0.05) is 67.7 Å². The molecular formula is C30H34N8O4S2. The maximum Gasteiger partial charge on any atom is 0.268 e. The summed E-state index contributed by atoms with van der Waals surface area (Å²) in [6.45, 7) is 4.79. The fourth-order valence-electron chi connectivity index (χ4n) is 5.39. The zero-order valence-corrected chi connectivity index (χ0v) is 26.5. The van der Waals surface area contributed by atoms with E-state index in [0.29, 0.717) is 35.4 Å². The molecule has 2 saturated heterocycles. The molecule has 14 heteroatoms. The van der Waals surface area contributed by atoms with Crippen LogP contribution in [0, 0.1) is 11.8 Å². The maximum absolute atomic E-state index is 13.7. The Kier molecular flexibility index (Phi) is 8.75. The molecule has 2 aliphatic rings. The second-order valence-electron chi connectivity index (χ2n) is 10.8. The summed E-state index contributed by atoms with van der Waals surface area (Å²) >= 11 is 1.97. The number of hydrogen-bond donors (Lipinski definition) is 1. The lowest BCUT2D eigenvalue weighted by molar-refractivity contribution is 0.0730. The third-order valence-corrected chi connectivity index (χ3v) is 10.8. The molecule has 0 aliphatic carbocycles. The molecule has 0 amide bonds. The van der Waals surface area contributed by atoms with E-state index in [0.717, 1.165) is 24.5 Å². The Hall–Kier alpha value is -3.74. The Balaban J connectivity index is 1.35. The molecule has 0 spiro atoms. The minimum Gasteiger partial charge on any atom is -0.379 e. The van der Waals surface area contributed by atoms with Gasteiger partial charge in [0.2, 0.25) is 16.0 Å². The summed E-state index contributed by atoms with van der Waals surface area (Å²) < 4.78 is 36.8. The molecule has 1 aromatic carbocycles. The van der Waals surface area contributed by atoms with Crippen molar-refractivity contribution in [2.45, 2.75) is 23.6 Å². The van der Waals surface area contributed by atoms with Crippen LogP contribution in [0.4, 0.5) is 11.6 Å². The summed E-state index contributed by atoms with van der Waals surface area (Å²) in [4.78, 5) is 25.3. The Morgan fingerprint density at radius 1 is 1.14 bits per heavy atom. The number of anilines is 2. The summed E-state index contributed by atoms with van der Waals surface area (Å²) in [5.41, 5.74) is 2.53. The highest BCUT2D eigenvalue weighted by atomic mass is 32.2. The first kappa shape index (κ1) is 30.3. The van der Waals surface area contributed by atoms with Crippen molar-refractivity contribution in [3.05, 3.63) is 69.9 Å². The average Bonchev–Trinajstić information content (AvgIpc) is 3.41. The van der Waals surface area contributed by atoms with Gasteiger partial charge in [-0.1, -0.05) is 18.1 Å². The molecule has 4 aromatic rings. The van der Waals surface area contributed by atoms with Gasteiger partial charge in [0.05, 0.1) is 25.3 Å². The van der Waals surface area contributed by atoms with Gasteiger partial charge in [-0.15, -0.1) is 5.92 Å². The third kappa shape index (κ3) is 6.24. The van der Waals surface area contributed by atoms with Crippen LogP contribution in [0.2, 0.25) is 0 Å². The number of sulfonamides is 1. The summed E-state index contributed by atoms with van der Waals surface area (Å²) in [5.74, 6) is 7.06. The topological polar surface area (TPSA) is 127 Å². The number of likely N-dealkylation sites (N-methyl/N-ethyl adjacent to an activating group) is 1. The van der Waals surface area contributed by atoms with Crippen LogP contribution in [0.5, 0.6) is 0 Å². The van der Waals surface area contributed by atoms with Gasteiger partial charge in [0.15, 0.2) is 0 Å². The van der Waals surface area contributed by atoms with E-state index in [2.05, 4.69) is 51.3 Å². The molecule has 0 radical (unpaired) electrons. The number of aryl methyl sites for hydroxylation is 1. The fraction of sp³-hybridized carbons (Fsp3) is 0.400. The molecule has 44 heavy (non-hydrogen) atoms. The molecule has 0 bridgehead atoms. The third-order valence-electron chi connectivity index (χ3n) is 7.66. The first-order valence-electron chi connectivity index (χ1n) is 14.3. The lowest BCUT2D eigenvalue weighted by atomic mass is 10.1. The highest BCUT2D eigenvalue weighted by molar-refractivity contribution is 7.99. The van der Waals surface area contributed by atoms with E-state index in [-0.39, 0.29) is 35.8 Å². The minimum atomic E-state index is -3.86. The fourth-order valence-corrected chi connectivity index (χ4v) is 8.40. The van der Waals surface area contributed by atoms with Crippen LogP contribution >= 0.6 is 11.8 Å². The standard InChI is InChI=1S/C30H34N8O4S2/c1-4-5-22-16-23-17-31-30(32-24-8-6-21(7-9-24)26-19-35(2)12-15-43-26)33-28(23)38(29(22)39)18-25-27(20-36(3)34-25)44(40,41)37-10-13-42-14-11-37/h6-9,16-17,20,26H,10-15,18-19H2,1-3H3,(H,31,32,33). The lowest BCUT2D eigenvalue weighted by Gasteiger charge is -2.29. The molecule has 1 N–H and O–H groups in total. The van der Waals surface area contributed by atoms with Crippen molar-refractivity contribution in [2.24, 2.45) is 7.05 Å². The highest BCUT2D eigenvalue weighted by Crippen LogP contribution is 2.33. The van der Waals surface area contributed by atoms with Crippen LogP contribution in [0.1, 0.15) is 29.0 Å². The average molecular weight is 635 g/mol. The van der Waals surface area contributed by atoms with Crippen molar-refractivity contribution in [1.82, 2.24) is 33.5 Å². The highest BCUT2D eigenvalue weighted by Gasteiger charge is 2.31. The van der Waals surface area contributed by atoms with Gasteiger partial charge >= 0.3 is 0 Å². The summed E-state index contributed by atoms with van der Waals surface area (Å²) in [6, 6.07) is 9.89. The van der Waals surface area contributed by atoms with Gasteiger partial charge in [0.1, 0.15) is 16.2 Å². The summed E-state index contributed by atoms with van der Waals surface area (Å²) in [6.07, 6.45) is 3.10.